The van der Waals surface area contributed by atoms with E-state index in [0.717, 1.165) is 36.5 Å². The lowest BCUT2D eigenvalue weighted by Crippen LogP contribution is -2.39. The van der Waals surface area contributed by atoms with Crippen LogP contribution in [-0.4, -0.2) is 71.4 Å². The van der Waals surface area contributed by atoms with Crippen LogP contribution in [0, 0.1) is 12.8 Å². The Morgan fingerprint density at radius 1 is 1.35 bits per heavy atom. The highest BCUT2D eigenvalue weighted by atomic mass is 127. The van der Waals surface area contributed by atoms with Crippen molar-refractivity contribution in [2.45, 2.75) is 33.2 Å². The van der Waals surface area contributed by atoms with Crippen LogP contribution in [0.5, 0.6) is 5.75 Å². The van der Waals surface area contributed by atoms with E-state index in [1.165, 1.54) is 10.6 Å². The minimum atomic E-state index is -3.15. The summed E-state index contributed by atoms with van der Waals surface area (Å²) in [5.41, 5.74) is 2.22. The summed E-state index contributed by atoms with van der Waals surface area (Å²) in [5, 5.41) is 6.55. The summed E-state index contributed by atoms with van der Waals surface area (Å²) in [6.45, 7) is 8.33. The van der Waals surface area contributed by atoms with Crippen molar-refractivity contribution >= 4 is 40.0 Å². The van der Waals surface area contributed by atoms with E-state index in [1.54, 1.807) is 7.05 Å². The SMILES string of the molecule is CCN(CCCNC(=NC)NCc1ccc(C)cc1OCC1CCOC1)S(C)(=O)=O.I. The van der Waals surface area contributed by atoms with Crippen LogP contribution in [0.2, 0.25) is 0 Å². The molecule has 0 amide bonds. The zero-order valence-corrected chi connectivity index (χ0v) is 22.2. The predicted octanol–water partition coefficient (Wildman–Crippen LogP) is 2.36. The van der Waals surface area contributed by atoms with Crippen molar-refractivity contribution in [2.24, 2.45) is 10.9 Å². The van der Waals surface area contributed by atoms with Gasteiger partial charge in [-0.25, -0.2) is 12.7 Å². The minimum Gasteiger partial charge on any atom is -0.493 e. The van der Waals surface area contributed by atoms with Gasteiger partial charge in [-0.3, -0.25) is 4.99 Å². The number of aryl methyl sites for hydroxylation is 1. The molecule has 0 spiro atoms. The highest BCUT2D eigenvalue weighted by molar-refractivity contribution is 14.0. The summed E-state index contributed by atoms with van der Waals surface area (Å²) in [6.07, 6.45) is 2.99. The Balaban J connectivity index is 0.00000480. The third-order valence-corrected chi connectivity index (χ3v) is 6.47. The number of hydrogen-bond acceptors (Lipinski definition) is 5. The number of rotatable bonds is 11. The molecule has 0 bridgehead atoms. The van der Waals surface area contributed by atoms with Crippen LogP contribution in [-0.2, 0) is 21.3 Å². The van der Waals surface area contributed by atoms with Gasteiger partial charge in [0.05, 0.1) is 19.5 Å². The normalized spacial score (nSPS) is 16.8. The maximum absolute atomic E-state index is 11.6. The van der Waals surface area contributed by atoms with Crippen LogP contribution < -0.4 is 15.4 Å². The van der Waals surface area contributed by atoms with Gasteiger partial charge in [-0.1, -0.05) is 19.1 Å². The predicted molar refractivity (Wildman–Crippen MR) is 136 cm³/mol. The molecular formula is C21H37IN4O4S. The van der Waals surface area contributed by atoms with Crippen LogP contribution in [0.4, 0.5) is 0 Å². The quantitative estimate of drug-likeness (QED) is 0.184. The smallest absolute Gasteiger partial charge is 0.211 e. The van der Waals surface area contributed by atoms with Gasteiger partial charge in [-0.2, -0.15) is 0 Å². The first-order chi connectivity index (χ1) is 14.3. The molecule has 10 heteroatoms. The molecular weight excluding hydrogens is 531 g/mol. The van der Waals surface area contributed by atoms with E-state index in [9.17, 15) is 8.42 Å². The van der Waals surface area contributed by atoms with Crippen molar-refractivity contribution in [1.82, 2.24) is 14.9 Å². The number of hydrogen-bond donors (Lipinski definition) is 2. The van der Waals surface area contributed by atoms with E-state index in [1.807, 2.05) is 6.92 Å². The Kier molecular flexibility index (Phi) is 12.7. The Hall–Kier alpha value is -1.11. The van der Waals surface area contributed by atoms with Crippen molar-refractivity contribution in [3.63, 3.8) is 0 Å². The molecule has 1 atom stereocenters. The molecule has 0 saturated carbocycles. The van der Waals surface area contributed by atoms with Crippen molar-refractivity contribution in [3.05, 3.63) is 29.3 Å². The zero-order valence-electron chi connectivity index (χ0n) is 19.0. The third-order valence-electron chi connectivity index (χ3n) is 5.09. The lowest BCUT2D eigenvalue weighted by Gasteiger charge is -2.19. The van der Waals surface area contributed by atoms with E-state index >= 15 is 0 Å². The highest BCUT2D eigenvalue weighted by Gasteiger charge is 2.17. The molecule has 0 radical (unpaired) electrons. The molecule has 1 aliphatic rings. The van der Waals surface area contributed by atoms with Crippen molar-refractivity contribution in [2.75, 3.05) is 52.8 Å². The van der Waals surface area contributed by atoms with Crippen LogP contribution in [0.3, 0.4) is 0 Å². The van der Waals surface area contributed by atoms with Crippen molar-refractivity contribution in [3.8, 4) is 5.75 Å². The summed E-state index contributed by atoms with van der Waals surface area (Å²) in [4.78, 5) is 4.25. The fourth-order valence-electron chi connectivity index (χ4n) is 3.28. The number of ether oxygens (including phenoxy) is 2. The molecule has 0 aliphatic carbocycles. The molecule has 2 N–H and O–H groups in total. The summed E-state index contributed by atoms with van der Waals surface area (Å²) in [6, 6.07) is 6.21. The maximum Gasteiger partial charge on any atom is 0.211 e. The van der Waals surface area contributed by atoms with Gasteiger partial charge >= 0.3 is 0 Å². The van der Waals surface area contributed by atoms with Gasteiger partial charge < -0.3 is 20.1 Å². The number of benzene rings is 1. The van der Waals surface area contributed by atoms with Crippen LogP contribution in [0.15, 0.2) is 23.2 Å². The molecule has 1 unspecified atom stereocenters. The fourth-order valence-corrected chi connectivity index (χ4v) is 4.21. The second-order valence-corrected chi connectivity index (χ2v) is 9.59. The Morgan fingerprint density at radius 3 is 2.74 bits per heavy atom. The van der Waals surface area contributed by atoms with Gasteiger partial charge in [0.2, 0.25) is 10.0 Å². The molecule has 0 aromatic heterocycles. The van der Waals surface area contributed by atoms with E-state index in [0.29, 0.717) is 51.1 Å². The van der Waals surface area contributed by atoms with E-state index in [2.05, 4.69) is 40.7 Å². The van der Waals surface area contributed by atoms with Gasteiger partial charge in [-0.15, -0.1) is 24.0 Å². The zero-order chi connectivity index (χ0) is 22.0. The number of sulfonamides is 1. The summed E-state index contributed by atoms with van der Waals surface area (Å²) in [7, 11) is -1.43. The standard InChI is InChI=1S/C21H36N4O4S.HI/c1-5-25(30(4,26)27)11-6-10-23-21(22-3)24-14-19-8-7-17(2)13-20(19)29-16-18-9-12-28-15-18;/h7-8,13,18H,5-6,9-12,14-16H2,1-4H3,(H2,22,23,24);1H. The van der Waals surface area contributed by atoms with Crippen LogP contribution in [0.1, 0.15) is 30.9 Å². The Labute approximate surface area is 204 Å². The Bertz CT molecular complexity index is 799. The first-order valence-corrected chi connectivity index (χ1v) is 12.4. The largest absolute Gasteiger partial charge is 0.493 e. The second kappa shape index (κ2) is 14.1. The molecule has 31 heavy (non-hydrogen) atoms. The molecule has 2 rings (SSSR count). The number of nitrogens with one attached hydrogen (secondary N) is 2. The monoisotopic (exact) mass is 568 g/mol. The highest BCUT2D eigenvalue weighted by Crippen LogP contribution is 2.22. The molecule has 1 aromatic carbocycles. The number of nitrogens with zero attached hydrogens (tertiary/aromatic N) is 2. The average molecular weight is 569 g/mol. The van der Waals surface area contributed by atoms with Gasteiger partial charge in [0.15, 0.2) is 5.96 Å². The summed E-state index contributed by atoms with van der Waals surface area (Å²) >= 11 is 0. The lowest BCUT2D eigenvalue weighted by atomic mass is 10.1. The summed E-state index contributed by atoms with van der Waals surface area (Å²) < 4.78 is 36.3. The second-order valence-electron chi connectivity index (χ2n) is 7.61. The topological polar surface area (TPSA) is 92.3 Å². The Morgan fingerprint density at radius 2 is 2.13 bits per heavy atom. The molecule has 1 fully saturated rings. The fraction of sp³-hybridized carbons (Fsp3) is 0.667. The van der Waals surface area contributed by atoms with Crippen LogP contribution >= 0.6 is 24.0 Å². The maximum atomic E-state index is 11.6. The molecule has 1 aliphatic heterocycles. The van der Waals surface area contributed by atoms with Gasteiger partial charge in [0.25, 0.3) is 0 Å². The molecule has 1 saturated heterocycles. The molecule has 1 aromatic rings. The van der Waals surface area contributed by atoms with E-state index in [-0.39, 0.29) is 24.0 Å². The number of aliphatic imine (C=N–C) groups is 1. The van der Waals surface area contributed by atoms with E-state index in [4.69, 9.17) is 9.47 Å². The third kappa shape index (κ3) is 9.92. The molecule has 1 heterocycles. The van der Waals surface area contributed by atoms with Crippen molar-refractivity contribution < 1.29 is 17.9 Å². The van der Waals surface area contributed by atoms with E-state index < -0.39 is 10.0 Å². The first-order valence-electron chi connectivity index (χ1n) is 10.5. The van der Waals surface area contributed by atoms with Gasteiger partial charge in [-0.05, 0) is 31.4 Å². The lowest BCUT2D eigenvalue weighted by molar-refractivity contribution is 0.166. The number of halogens is 1. The van der Waals surface area contributed by atoms with Gasteiger partial charge in [0, 0.05) is 51.3 Å². The van der Waals surface area contributed by atoms with Crippen LogP contribution in [0.25, 0.3) is 0 Å². The average Bonchev–Trinajstić information content (AvgIpc) is 3.22. The van der Waals surface area contributed by atoms with Crippen molar-refractivity contribution in [1.29, 1.82) is 0 Å². The number of guanidine groups is 1. The first kappa shape index (κ1) is 27.9. The molecule has 8 nitrogen and oxygen atoms in total. The summed E-state index contributed by atoms with van der Waals surface area (Å²) in [5.74, 6) is 2.01. The molecule has 178 valence electrons. The minimum absolute atomic E-state index is 0. The van der Waals surface area contributed by atoms with Gasteiger partial charge in [0.1, 0.15) is 5.75 Å².